The minimum absolute atomic E-state index is 0.00878. The molecule has 4 N–H and O–H groups in total. The molecule has 4 aromatic rings. The fraction of sp³-hybridized carbons (Fsp3) is 0.304. The number of nitrogens with two attached hydrogens (primary N) is 1. The molecule has 0 radical (unpaired) electrons. The van der Waals surface area contributed by atoms with Crippen LogP contribution in [0.2, 0.25) is 0 Å². The SMILES string of the molecule is Cc1cc(-c2c(-c3ccccc3)[nH+]c(N)n3c(=O)n(C4CCCNC4)nc23)cc(C)n1. The summed E-state index contributed by atoms with van der Waals surface area (Å²) in [5.41, 5.74) is 12.1. The molecular weight excluding hydrogens is 390 g/mol. The number of fused-ring (bicyclic) bond motifs is 1. The van der Waals surface area contributed by atoms with Gasteiger partial charge in [-0.2, -0.15) is 4.68 Å². The number of hydrogen-bond donors (Lipinski definition) is 2. The summed E-state index contributed by atoms with van der Waals surface area (Å²) in [6, 6.07) is 14.0. The van der Waals surface area contributed by atoms with E-state index in [1.165, 1.54) is 4.40 Å². The number of anilines is 1. The predicted molar refractivity (Wildman–Crippen MR) is 120 cm³/mol. The summed E-state index contributed by atoms with van der Waals surface area (Å²) in [6.07, 6.45) is 1.92. The third-order valence-corrected chi connectivity index (χ3v) is 5.82. The van der Waals surface area contributed by atoms with Crippen LogP contribution in [0.5, 0.6) is 0 Å². The van der Waals surface area contributed by atoms with E-state index in [0.717, 1.165) is 59.7 Å². The molecule has 3 aromatic heterocycles. The van der Waals surface area contributed by atoms with Gasteiger partial charge in [0.05, 0.1) is 11.6 Å². The monoisotopic (exact) mass is 416 g/mol. The molecule has 5 rings (SSSR count). The van der Waals surface area contributed by atoms with Gasteiger partial charge in [-0.05, 0) is 50.9 Å². The van der Waals surface area contributed by atoms with Crippen molar-refractivity contribution in [2.75, 3.05) is 18.8 Å². The average molecular weight is 417 g/mol. The van der Waals surface area contributed by atoms with Crippen LogP contribution in [0.1, 0.15) is 30.3 Å². The maximum absolute atomic E-state index is 13.3. The van der Waals surface area contributed by atoms with Crippen LogP contribution in [0.4, 0.5) is 5.95 Å². The molecule has 0 amide bonds. The van der Waals surface area contributed by atoms with Crippen LogP contribution >= 0.6 is 0 Å². The highest BCUT2D eigenvalue weighted by molar-refractivity contribution is 5.88. The standard InChI is InChI=1S/C23H25N7O/c1-14-11-17(12-15(2)26-14)19-20(16-7-4-3-5-8-16)27-22(24)29-21(19)28-30(23(29)31)18-9-6-10-25-13-18/h3-5,7-8,11-12,18,25H,6,9-10,13H2,1-2H3,(H2,24,27)/p+1. The summed E-state index contributed by atoms with van der Waals surface area (Å²) >= 11 is 0. The van der Waals surface area contributed by atoms with Gasteiger partial charge in [-0.1, -0.05) is 30.3 Å². The zero-order chi connectivity index (χ0) is 21.5. The van der Waals surface area contributed by atoms with Gasteiger partial charge < -0.3 is 5.32 Å². The Morgan fingerprint density at radius 2 is 1.87 bits per heavy atom. The largest absolute Gasteiger partial charge is 0.411 e. The zero-order valence-electron chi connectivity index (χ0n) is 17.7. The Bertz CT molecular complexity index is 1300. The number of rotatable bonds is 3. The van der Waals surface area contributed by atoms with E-state index in [0.29, 0.717) is 5.65 Å². The second-order valence-corrected chi connectivity index (χ2v) is 8.15. The molecular formula is C23H26N7O+. The highest BCUT2D eigenvalue weighted by Crippen LogP contribution is 2.33. The lowest BCUT2D eigenvalue weighted by atomic mass is 9.99. The Morgan fingerprint density at radius 1 is 1.13 bits per heavy atom. The van der Waals surface area contributed by atoms with E-state index >= 15 is 0 Å². The van der Waals surface area contributed by atoms with Crippen molar-refractivity contribution in [2.45, 2.75) is 32.7 Å². The molecule has 1 saturated heterocycles. The number of aromatic amines is 1. The molecule has 0 aliphatic carbocycles. The number of aromatic nitrogens is 5. The first-order valence-corrected chi connectivity index (χ1v) is 10.6. The molecule has 1 unspecified atom stereocenters. The van der Waals surface area contributed by atoms with Crippen LogP contribution < -0.4 is 21.7 Å². The van der Waals surface area contributed by atoms with Crippen LogP contribution in [-0.2, 0) is 0 Å². The fourth-order valence-electron chi connectivity index (χ4n) is 4.47. The van der Waals surface area contributed by atoms with Crippen molar-refractivity contribution in [3.8, 4) is 22.4 Å². The molecule has 8 heteroatoms. The van der Waals surface area contributed by atoms with Gasteiger partial charge in [0.1, 0.15) is 5.69 Å². The molecule has 1 fully saturated rings. The number of nitrogens with zero attached hydrogens (tertiary/aromatic N) is 4. The maximum Gasteiger partial charge on any atom is 0.411 e. The van der Waals surface area contributed by atoms with Gasteiger partial charge in [-0.15, -0.1) is 9.50 Å². The van der Waals surface area contributed by atoms with Gasteiger partial charge >= 0.3 is 11.6 Å². The van der Waals surface area contributed by atoms with Crippen LogP contribution in [0.3, 0.4) is 0 Å². The van der Waals surface area contributed by atoms with Gasteiger partial charge in [0, 0.05) is 23.5 Å². The van der Waals surface area contributed by atoms with Crippen molar-refractivity contribution < 1.29 is 4.98 Å². The first kappa shape index (κ1) is 19.4. The summed E-state index contributed by atoms with van der Waals surface area (Å²) < 4.78 is 3.08. The van der Waals surface area contributed by atoms with Crippen LogP contribution in [-0.4, -0.2) is 32.3 Å². The van der Waals surface area contributed by atoms with Crippen LogP contribution in [0, 0.1) is 13.8 Å². The van der Waals surface area contributed by atoms with Crippen molar-refractivity contribution in [1.29, 1.82) is 0 Å². The second-order valence-electron chi connectivity index (χ2n) is 8.15. The molecule has 0 bridgehead atoms. The Balaban J connectivity index is 1.86. The molecule has 158 valence electrons. The van der Waals surface area contributed by atoms with E-state index in [-0.39, 0.29) is 17.7 Å². The maximum atomic E-state index is 13.3. The van der Waals surface area contributed by atoms with E-state index in [9.17, 15) is 4.79 Å². The van der Waals surface area contributed by atoms with Crippen LogP contribution in [0.25, 0.3) is 28.0 Å². The molecule has 31 heavy (non-hydrogen) atoms. The van der Waals surface area contributed by atoms with Crippen LogP contribution in [0.15, 0.2) is 47.3 Å². The number of aryl methyl sites for hydroxylation is 2. The van der Waals surface area contributed by atoms with Gasteiger partial charge in [-0.25, -0.2) is 9.78 Å². The van der Waals surface area contributed by atoms with Crippen molar-refractivity contribution in [2.24, 2.45) is 0 Å². The van der Waals surface area contributed by atoms with Crippen molar-refractivity contribution >= 4 is 11.6 Å². The van der Waals surface area contributed by atoms with E-state index in [4.69, 9.17) is 10.8 Å². The lowest BCUT2D eigenvalue weighted by Gasteiger charge is -2.21. The minimum Gasteiger partial charge on any atom is -0.315 e. The predicted octanol–water partition coefficient (Wildman–Crippen LogP) is 2.16. The number of piperidine rings is 1. The van der Waals surface area contributed by atoms with Crippen molar-refractivity contribution in [3.63, 3.8) is 0 Å². The fourth-order valence-corrected chi connectivity index (χ4v) is 4.47. The van der Waals surface area contributed by atoms with Gasteiger partial charge in [-0.3, -0.25) is 10.7 Å². The highest BCUT2D eigenvalue weighted by atomic mass is 16.2. The Morgan fingerprint density at radius 3 is 2.55 bits per heavy atom. The molecule has 8 nitrogen and oxygen atoms in total. The van der Waals surface area contributed by atoms with Crippen molar-refractivity contribution in [1.82, 2.24) is 24.5 Å². The van der Waals surface area contributed by atoms with E-state index in [1.54, 1.807) is 4.68 Å². The Hall–Kier alpha value is -3.52. The lowest BCUT2D eigenvalue weighted by Crippen LogP contribution is -2.37. The summed E-state index contributed by atoms with van der Waals surface area (Å²) in [7, 11) is 0. The molecule has 1 aliphatic rings. The van der Waals surface area contributed by atoms with Gasteiger partial charge in [0.15, 0.2) is 0 Å². The summed E-state index contributed by atoms with van der Waals surface area (Å²) in [4.78, 5) is 21.1. The third kappa shape index (κ3) is 3.38. The minimum atomic E-state index is -0.221. The van der Waals surface area contributed by atoms with Gasteiger partial charge in [0.2, 0.25) is 5.65 Å². The number of benzene rings is 1. The molecule has 0 spiro atoms. The van der Waals surface area contributed by atoms with Gasteiger partial charge in [0.25, 0.3) is 0 Å². The number of H-pyrrole nitrogens is 1. The molecule has 4 heterocycles. The molecule has 0 saturated carbocycles. The summed E-state index contributed by atoms with van der Waals surface area (Å²) in [5, 5.41) is 8.19. The average Bonchev–Trinajstić information content (AvgIpc) is 3.12. The summed E-state index contributed by atoms with van der Waals surface area (Å²) in [5.74, 6) is 0.264. The van der Waals surface area contributed by atoms with E-state index in [2.05, 4.69) is 15.3 Å². The molecule has 1 aromatic carbocycles. The van der Waals surface area contributed by atoms with Crippen molar-refractivity contribution in [3.05, 3.63) is 64.3 Å². The topological polar surface area (TPSA) is 104 Å². The zero-order valence-corrected chi connectivity index (χ0v) is 17.7. The molecule has 1 aliphatic heterocycles. The third-order valence-electron chi connectivity index (χ3n) is 5.82. The normalized spacial score (nSPS) is 16.6. The smallest absolute Gasteiger partial charge is 0.315 e. The first-order chi connectivity index (χ1) is 15.0. The second kappa shape index (κ2) is 7.63. The highest BCUT2D eigenvalue weighted by Gasteiger charge is 2.28. The van der Waals surface area contributed by atoms with E-state index in [1.807, 2.05) is 56.3 Å². The number of pyridine rings is 1. The first-order valence-electron chi connectivity index (χ1n) is 10.6. The lowest BCUT2D eigenvalue weighted by molar-refractivity contribution is -0.351. The number of nitrogens with one attached hydrogen (secondary N) is 2. The summed E-state index contributed by atoms with van der Waals surface area (Å²) in [6.45, 7) is 5.63. The quantitative estimate of drug-likeness (QED) is 0.533. The van der Waals surface area contributed by atoms with E-state index < -0.39 is 0 Å². The Kier molecular flexibility index (Phi) is 4.78. The number of nitrogen functional groups attached to an aromatic ring is 1. The Labute approximate surface area is 179 Å². The molecule has 1 atom stereocenters. The number of hydrogen-bond acceptors (Lipinski definition) is 5.